The van der Waals surface area contributed by atoms with Crippen LogP contribution in [0, 0.1) is 12.7 Å². The van der Waals surface area contributed by atoms with Gasteiger partial charge in [0.05, 0.1) is 23.8 Å². The van der Waals surface area contributed by atoms with Gasteiger partial charge in [-0.1, -0.05) is 0 Å². The van der Waals surface area contributed by atoms with E-state index in [4.69, 9.17) is 4.74 Å². The molecule has 7 heteroatoms. The van der Waals surface area contributed by atoms with Gasteiger partial charge in [0.25, 0.3) is 10.0 Å². The Hall–Kier alpha value is -2.12. The molecule has 1 fully saturated rings. The summed E-state index contributed by atoms with van der Waals surface area (Å²) in [4.78, 5) is 2.41. The normalized spacial score (nSPS) is 17.5. The zero-order valence-electron chi connectivity index (χ0n) is 14.6. The molecule has 0 bridgehead atoms. The van der Waals surface area contributed by atoms with Gasteiger partial charge >= 0.3 is 0 Å². The van der Waals surface area contributed by atoms with Crippen LogP contribution < -0.4 is 9.21 Å². The fourth-order valence-electron chi connectivity index (χ4n) is 3.65. The SMILES string of the molecule is Cc1cc(F)ccc1S(=O)(=O)N1CCc2cc(N3CCOCC3)ccc21. The molecular weight excluding hydrogens is 355 g/mol. The summed E-state index contributed by atoms with van der Waals surface area (Å²) in [6, 6.07) is 9.72. The van der Waals surface area contributed by atoms with E-state index < -0.39 is 15.8 Å². The maximum atomic E-state index is 13.4. The highest BCUT2D eigenvalue weighted by atomic mass is 32.2. The van der Waals surface area contributed by atoms with Crippen LogP contribution in [0.2, 0.25) is 0 Å². The molecule has 0 N–H and O–H groups in total. The molecule has 2 aliphatic heterocycles. The minimum atomic E-state index is -3.70. The third kappa shape index (κ3) is 2.95. The quantitative estimate of drug-likeness (QED) is 0.827. The lowest BCUT2D eigenvalue weighted by Crippen LogP contribution is -2.36. The molecule has 1 saturated heterocycles. The van der Waals surface area contributed by atoms with E-state index in [9.17, 15) is 12.8 Å². The Morgan fingerprint density at radius 2 is 1.81 bits per heavy atom. The lowest BCUT2D eigenvalue weighted by Gasteiger charge is -2.29. The van der Waals surface area contributed by atoms with Crippen molar-refractivity contribution in [3.8, 4) is 0 Å². The summed E-state index contributed by atoms with van der Waals surface area (Å²) < 4.78 is 46.4. The van der Waals surface area contributed by atoms with Crippen LogP contribution in [0.5, 0.6) is 0 Å². The average Bonchev–Trinajstić information content (AvgIpc) is 3.06. The molecule has 0 aromatic heterocycles. The lowest BCUT2D eigenvalue weighted by atomic mass is 10.1. The number of hydrogen-bond acceptors (Lipinski definition) is 4. The summed E-state index contributed by atoms with van der Waals surface area (Å²) >= 11 is 0. The van der Waals surface area contributed by atoms with Crippen LogP contribution in [0.15, 0.2) is 41.3 Å². The Kier molecular flexibility index (Phi) is 4.36. The summed E-state index contributed by atoms with van der Waals surface area (Å²) in [5.74, 6) is -0.432. The second-order valence-corrected chi connectivity index (χ2v) is 8.48. The molecule has 0 aliphatic carbocycles. The summed E-state index contributed by atoms with van der Waals surface area (Å²) in [7, 11) is -3.70. The number of benzene rings is 2. The van der Waals surface area contributed by atoms with Gasteiger partial charge in [0.15, 0.2) is 0 Å². The highest BCUT2D eigenvalue weighted by molar-refractivity contribution is 7.93. The van der Waals surface area contributed by atoms with Gasteiger partial charge in [0.1, 0.15) is 5.82 Å². The Bertz CT molecular complexity index is 940. The van der Waals surface area contributed by atoms with Gasteiger partial charge in [0.2, 0.25) is 0 Å². The van der Waals surface area contributed by atoms with E-state index in [0.29, 0.717) is 37.4 Å². The molecule has 0 radical (unpaired) electrons. The average molecular weight is 376 g/mol. The molecule has 0 amide bonds. The minimum absolute atomic E-state index is 0.156. The van der Waals surface area contributed by atoms with E-state index in [2.05, 4.69) is 11.0 Å². The van der Waals surface area contributed by atoms with Crippen molar-refractivity contribution in [3.63, 3.8) is 0 Å². The second kappa shape index (κ2) is 6.55. The van der Waals surface area contributed by atoms with Gasteiger partial charge in [-0.05, 0) is 60.9 Å². The fourth-order valence-corrected chi connectivity index (χ4v) is 5.36. The van der Waals surface area contributed by atoms with Gasteiger partial charge in [-0.2, -0.15) is 0 Å². The molecule has 138 valence electrons. The molecule has 0 saturated carbocycles. The summed E-state index contributed by atoms with van der Waals surface area (Å²) in [5, 5.41) is 0. The molecule has 2 aromatic rings. The maximum Gasteiger partial charge on any atom is 0.264 e. The Balaban J connectivity index is 1.67. The first-order chi connectivity index (χ1) is 12.5. The topological polar surface area (TPSA) is 49.9 Å². The number of anilines is 2. The van der Waals surface area contributed by atoms with E-state index in [1.54, 1.807) is 6.92 Å². The lowest BCUT2D eigenvalue weighted by molar-refractivity contribution is 0.122. The van der Waals surface area contributed by atoms with Crippen LogP contribution in [0.1, 0.15) is 11.1 Å². The highest BCUT2D eigenvalue weighted by Gasteiger charge is 2.32. The van der Waals surface area contributed by atoms with Gasteiger partial charge < -0.3 is 9.64 Å². The first-order valence-corrected chi connectivity index (χ1v) is 10.2. The number of aryl methyl sites for hydroxylation is 1. The van der Waals surface area contributed by atoms with Crippen molar-refractivity contribution in [2.45, 2.75) is 18.2 Å². The van der Waals surface area contributed by atoms with Crippen molar-refractivity contribution < 1.29 is 17.5 Å². The van der Waals surface area contributed by atoms with E-state index >= 15 is 0 Å². The number of rotatable bonds is 3. The molecule has 2 heterocycles. The van der Waals surface area contributed by atoms with Gasteiger partial charge in [-0.15, -0.1) is 0 Å². The number of fused-ring (bicyclic) bond motifs is 1. The van der Waals surface area contributed by atoms with Crippen LogP contribution in [-0.2, 0) is 21.2 Å². The van der Waals surface area contributed by atoms with Crippen molar-refractivity contribution in [1.29, 1.82) is 0 Å². The zero-order chi connectivity index (χ0) is 18.3. The summed E-state index contributed by atoms with van der Waals surface area (Å²) in [6.45, 7) is 5.13. The van der Waals surface area contributed by atoms with Crippen LogP contribution in [-0.4, -0.2) is 41.3 Å². The monoisotopic (exact) mass is 376 g/mol. The van der Waals surface area contributed by atoms with E-state index in [-0.39, 0.29) is 4.90 Å². The predicted molar refractivity (Wildman–Crippen MR) is 98.8 cm³/mol. The number of halogens is 1. The number of morpholine rings is 1. The fraction of sp³-hybridized carbons (Fsp3) is 0.368. The maximum absolute atomic E-state index is 13.4. The summed E-state index contributed by atoms with van der Waals surface area (Å²) in [5.41, 5.74) is 3.26. The third-order valence-corrected chi connectivity index (χ3v) is 6.97. The van der Waals surface area contributed by atoms with Crippen molar-refractivity contribution in [2.24, 2.45) is 0 Å². The van der Waals surface area contributed by atoms with Gasteiger partial charge in [-0.3, -0.25) is 4.31 Å². The third-order valence-electron chi connectivity index (χ3n) is 5.00. The molecule has 0 atom stereocenters. The molecule has 0 spiro atoms. The first-order valence-electron chi connectivity index (χ1n) is 8.71. The minimum Gasteiger partial charge on any atom is -0.378 e. The number of nitrogens with zero attached hydrogens (tertiary/aromatic N) is 2. The van der Waals surface area contributed by atoms with E-state index in [0.717, 1.165) is 24.3 Å². The first kappa shape index (κ1) is 17.3. The van der Waals surface area contributed by atoms with Gasteiger partial charge in [-0.25, -0.2) is 12.8 Å². The number of sulfonamides is 1. The Labute approximate surface area is 153 Å². The molecule has 2 aliphatic rings. The predicted octanol–water partition coefficient (Wildman–Crippen LogP) is 2.72. The number of ether oxygens (including phenoxy) is 1. The van der Waals surface area contributed by atoms with Crippen LogP contribution in [0.3, 0.4) is 0 Å². The van der Waals surface area contributed by atoms with Crippen molar-refractivity contribution in [1.82, 2.24) is 0 Å². The van der Waals surface area contributed by atoms with Crippen molar-refractivity contribution >= 4 is 21.4 Å². The standard InChI is InChI=1S/C19H21FN2O3S/c1-14-12-16(20)2-5-19(14)26(23,24)22-7-6-15-13-17(3-4-18(15)22)21-8-10-25-11-9-21/h2-5,12-13H,6-11H2,1H3. The Morgan fingerprint density at radius 1 is 1.04 bits per heavy atom. The van der Waals surface area contributed by atoms with Crippen LogP contribution in [0.4, 0.5) is 15.8 Å². The molecular formula is C19H21FN2O3S. The zero-order valence-corrected chi connectivity index (χ0v) is 15.4. The van der Waals surface area contributed by atoms with E-state index in [1.807, 2.05) is 12.1 Å². The second-order valence-electron chi connectivity index (χ2n) is 6.65. The number of hydrogen-bond donors (Lipinski definition) is 0. The largest absolute Gasteiger partial charge is 0.378 e. The molecule has 4 rings (SSSR count). The van der Waals surface area contributed by atoms with Gasteiger partial charge in [0, 0.05) is 25.3 Å². The Morgan fingerprint density at radius 3 is 2.54 bits per heavy atom. The van der Waals surface area contributed by atoms with Crippen LogP contribution >= 0.6 is 0 Å². The molecule has 2 aromatic carbocycles. The van der Waals surface area contributed by atoms with Crippen molar-refractivity contribution in [2.75, 3.05) is 42.1 Å². The van der Waals surface area contributed by atoms with Crippen LogP contribution in [0.25, 0.3) is 0 Å². The van der Waals surface area contributed by atoms with Crippen molar-refractivity contribution in [3.05, 3.63) is 53.3 Å². The smallest absolute Gasteiger partial charge is 0.264 e. The molecule has 5 nitrogen and oxygen atoms in total. The molecule has 26 heavy (non-hydrogen) atoms. The summed E-state index contributed by atoms with van der Waals surface area (Å²) in [6.07, 6.45) is 0.674. The molecule has 0 unspecified atom stereocenters. The highest BCUT2D eigenvalue weighted by Crippen LogP contribution is 2.36. The van der Waals surface area contributed by atoms with E-state index in [1.165, 1.54) is 22.5 Å².